The molecule has 0 atom stereocenters. The van der Waals surface area contributed by atoms with Crippen molar-refractivity contribution in [1.29, 1.82) is 0 Å². The van der Waals surface area contributed by atoms with Gasteiger partial charge in [0.2, 0.25) is 0 Å². The molecule has 0 fully saturated rings. The molecule has 1 aromatic carbocycles. The Kier molecular flexibility index (Phi) is 3.64. The maximum atomic E-state index is 13.8. The van der Waals surface area contributed by atoms with Gasteiger partial charge in [0, 0.05) is 25.4 Å². The minimum absolute atomic E-state index is 0.107. The average Bonchev–Trinajstić information content (AvgIpc) is 2.88. The first-order chi connectivity index (χ1) is 10.6. The third-order valence-corrected chi connectivity index (χ3v) is 3.53. The second-order valence-corrected chi connectivity index (χ2v) is 4.92. The van der Waals surface area contributed by atoms with Crippen molar-refractivity contribution in [1.82, 2.24) is 14.5 Å². The number of hydrogen-bond donors (Lipinski definition) is 2. The number of anilines is 2. The third kappa shape index (κ3) is 2.35. The molecule has 0 amide bonds. The Bertz CT molecular complexity index is 830. The predicted molar refractivity (Wildman–Crippen MR) is 83.6 cm³/mol. The van der Waals surface area contributed by atoms with Gasteiger partial charge in [-0.2, -0.15) is 0 Å². The van der Waals surface area contributed by atoms with Gasteiger partial charge in [0.1, 0.15) is 23.6 Å². The zero-order chi connectivity index (χ0) is 15.7. The van der Waals surface area contributed by atoms with Crippen LogP contribution < -0.4 is 11.5 Å². The van der Waals surface area contributed by atoms with E-state index in [9.17, 15) is 4.39 Å². The zero-order valence-corrected chi connectivity index (χ0v) is 12.1. The Hall–Kier alpha value is -2.67. The van der Waals surface area contributed by atoms with Crippen molar-refractivity contribution in [2.45, 2.75) is 6.54 Å². The van der Waals surface area contributed by atoms with Crippen LogP contribution in [0.25, 0.3) is 22.2 Å². The quantitative estimate of drug-likeness (QED) is 0.720. The lowest BCUT2D eigenvalue weighted by atomic mass is 10.1. The number of ether oxygens (including phenoxy) is 1. The first-order valence-corrected chi connectivity index (χ1v) is 6.75. The number of benzene rings is 1. The number of fused-ring (bicyclic) bond motifs is 1. The van der Waals surface area contributed by atoms with Gasteiger partial charge in [-0.25, -0.2) is 14.4 Å². The molecule has 0 aliphatic carbocycles. The van der Waals surface area contributed by atoms with Gasteiger partial charge in [0.25, 0.3) is 0 Å². The number of hydrogen-bond acceptors (Lipinski definition) is 5. The van der Waals surface area contributed by atoms with Crippen molar-refractivity contribution in [3.05, 3.63) is 36.5 Å². The SMILES string of the molecule is COCCn1cc(-c2ccc(N)c(F)c2)c2c(N)ncnc21. The monoisotopic (exact) mass is 301 g/mol. The summed E-state index contributed by atoms with van der Waals surface area (Å²) in [4.78, 5) is 8.31. The molecule has 22 heavy (non-hydrogen) atoms. The summed E-state index contributed by atoms with van der Waals surface area (Å²) in [5.74, 6) is -0.112. The molecule has 0 saturated carbocycles. The van der Waals surface area contributed by atoms with Crippen molar-refractivity contribution in [2.75, 3.05) is 25.2 Å². The molecule has 0 saturated heterocycles. The van der Waals surface area contributed by atoms with E-state index >= 15 is 0 Å². The first kappa shape index (κ1) is 14.3. The topological polar surface area (TPSA) is 92.0 Å². The van der Waals surface area contributed by atoms with E-state index in [2.05, 4.69) is 9.97 Å². The number of aromatic nitrogens is 3. The van der Waals surface area contributed by atoms with Gasteiger partial charge < -0.3 is 20.8 Å². The summed E-state index contributed by atoms with van der Waals surface area (Å²) in [6, 6.07) is 4.67. The van der Waals surface area contributed by atoms with E-state index < -0.39 is 5.82 Å². The van der Waals surface area contributed by atoms with Gasteiger partial charge in [-0.3, -0.25) is 0 Å². The second kappa shape index (κ2) is 5.61. The van der Waals surface area contributed by atoms with Crippen LogP contribution in [0.1, 0.15) is 0 Å². The Labute approximate surface area is 126 Å². The molecule has 0 radical (unpaired) electrons. The molecule has 2 aromatic heterocycles. The number of nitrogens with two attached hydrogens (primary N) is 2. The summed E-state index contributed by atoms with van der Waals surface area (Å²) >= 11 is 0. The molecular formula is C15H16FN5O. The van der Waals surface area contributed by atoms with Crippen LogP contribution >= 0.6 is 0 Å². The van der Waals surface area contributed by atoms with Crippen LogP contribution in [0.5, 0.6) is 0 Å². The Morgan fingerprint density at radius 3 is 2.82 bits per heavy atom. The van der Waals surface area contributed by atoms with E-state index in [4.69, 9.17) is 16.2 Å². The Balaban J connectivity index is 2.22. The standard InChI is InChI=1S/C15H16FN5O/c1-22-5-4-21-7-10(9-2-3-12(17)11(16)6-9)13-14(18)19-8-20-15(13)21/h2-3,6-8H,4-5,17H2,1H3,(H2,18,19,20). The summed E-state index contributed by atoms with van der Waals surface area (Å²) in [6.07, 6.45) is 3.29. The molecule has 4 N–H and O–H groups in total. The molecule has 3 aromatic rings. The molecule has 0 spiro atoms. The number of nitrogen functional groups attached to an aromatic ring is 2. The summed E-state index contributed by atoms with van der Waals surface area (Å²) in [5, 5.41) is 0.697. The van der Waals surface area contributed by atoms with Crippen molar-refractivity contribution in [3.63, 3.8) is 0 Å². The normalized spacial score (nSPS) is 11.2. The minimum Gasteiger partial charge on any atom is -0.396 e. The summed E-state index contributed by atoms with van der Waals surface area (Å²) in [7, 11) is 1.63. The van der Waals surface area contributed by atoms with Gasteiger partial charge in [0.05, 0.1) is 17.7 Å². The van der Waals surface area contributed by atoms with Crippen LogP contribution in [0, 0.1) is 5.82 Å². The fourth-order valence-electron chi connectivity index (χ4n) is 2.42. The second-order valence-electron chi connectivity index (χ2n) is 4.92. The van der Waals surface area contributed by atoms with Crippen LogP contribution in [0.15, 0.2) is 30.7 Å². The van der Waals surface area contributed by atoms with Crippen molar-refractivity contribution >= 4 is 22.5 Å². The minimum atomic E-state index is -0.467. The molecule has 114 valence electrons. The molecule has 3 rings (SSSR count). The van der Waals surface area contributed by atoms with Crippen molar-refractivity contribution < 1.29 is 9.13 Å². The molecule has 0 aliphatic heterocycles. The Morgan fingerprint density at radius 1 is 1.27 bits per heavy atom. The van der Waals surface area contributed by atoms with E-state index in [1.807, 2.05) is 10.8 Å². The molecule has 7 heteroatoms. The highest BCUT2D eigenvalue weighted by atomic mass is 19.1. The first-order valence-electron chi connectivity index (χ1n) is 6.75. The summed E-state index contributed by atoms with van der Waals surface area (Å²) in [5.41, 5.74) is 13.8. The van der Waals surface area contributed by atoms with Gasteiger partial charge in [-0.05, 0) is 17.7 Å². The van der Waals surface area contributed by atoms with E-state index in [1.165, 1.54) is 18.5 Å². The maximum absolute atomic E-state index is 13.8. The molecule has 2 heterocycles. The van der Waals surface area contributed by atoms with E-state index in [0.29, 0.717) is 35.6 Å². The van der Waals surface area contributed by atoms with Crippen LogP contribution in [0.2, 0.25) is 0 Å². The largest absolute Gasteiger partial charge is 0.396 e. The highest BCUT2D eigenvalue weighted by Crippen LogP contribution is 2.33. The fourth-order valence-corrected chi connectivity index (χ4v) is 2.42. The van der Waals surface area contributed by atoms with Crippen LogP contribution in [0.3, 0.4) is 0 Å². The van der Waals surface area contributed by atoms with Crippen LogP contribution in [-0.4, -0.2) is 28.3 Å². The molecule has 0 bridgehead atoms. The van der Waals surface area contributed by atoms with Gasteiger partial charge >= 0.3 is 0 Å². The lowest BCUT2D eigenvalue weighted by Crippen LogP contribution is -2.04. The fraction of sp³-hybridized carbons (Fsp3) is 0.200. The summed E-state index contributed by atoms with van der Waals surface area (Å²) in [6.45, 7) is 1.14. The number of methoxy groups -OCH3 is 1. The average molecular weight is 301 g/mol. The van der Waals surface area contributed by atoms with Gasteiger partial charge in [-0.1, -0.05) is 6.07 Å². The number of rotatable bonds is 4. The van der Waals surface area contributed by atoms with E-state index in [1.54, 1.807) is 13.2 Å². The number of halogens is 1. The molecule has 6 nitrogen and oxygen atoms in total. The van der Waals surface area contributed by atoms with Gasteiger partial charge in [-0.15, -0.1) is 0 Å². The smallest absolute Gasteiger partial charge is 0.146 e. The predicted octanol–water partition coefficient (Wildman–Crippen LogP) is 2.05. The zero-order valence-electron chi connectivity index (χ0n) is 12.1. The summed E-state index contributed by atoms with van der Waals surface area (Å²) < 4.78 is 20.8. The Morgan fingerprint density at radius 2 is 2.09 bits per heavy atom. The van der Waals surface area contributed by atoms with Crippen molar-refractivity contribution in [3.8, 4) is 11.1 Å². The van der Waals surface area contributed by atoms with E-state index in [0.717, 1.165) is 5.56 Å². The van der Waals surface area contributed by atoms with E-state index in [-0.39, 0.29) is 5.69 Å². The van der Waals surface area contributed by atoms with Crippen LogP contribution in [-0.2, 0) is 11.3 Å². The maximum Gasteiger partial charge on any atom is 0.146 e. The van der Waals surface area contributed by atoms with Gasteiger partial charge in [0.15, 0.2) is 0 Å². The molecule has 0 aliphatic rings. The molecule has 0 unspecified atom stereocenters. The van der Waals surface area contributed by atoms with Crippen LogP contribution in [0.4, 0.5) is 15.9 Å². The lowest BCUT2D eigenvalue weighted by molar-refractivity contribution is 0.188. The number of nitrogens with zero attached hydrogens (tertiary/aromatic N) is 3. The molecular weight excluding hydrogens is 285 g/mol. The third-order valence-electron chi connectivity index (χ3n) is 3.53. The lowest BCUT2D eigenvalue weighted by Gasteiger charge is -2.03. The van der Waals surface area contributed by atoms with Crippen molar-refractivity contribution in [2.24, 2.45) is 0 Å². The highest BCUT2D eigenvalue weighted by molar-refractivity contribution is 6.00. The highest BCUT2D eigenvalue weighted by Gasteiger charge is 2.15.